The molecule has 2 aromatic rings. The summed E-state index contributed by atoms with van der Waals surface area (Å²) < 4.78 is 0. The van der Waals surface area contributed by atoms with E-state index in [2.05, 4.69) is 24.5 Å². The first-order valence-electron chi connectivity index (χ1n) is 7.35. The molecule has 0 spiro atoms. The van der Waals surface area contributed by atoms with Gasteiger partial charge in [-0.15, -0.1) is 0 Å². The first kappa shape index (κ1) is 16.4. The Morgan fingerprint density at radius 3 is 2.41 bits per heavy atom. The van der Waals surface area contributed by atoms with Crippen molar-refractivity contribution in [1.82, 2.24) is 5.32 Å². The summed E-state index contributed by atoms with van der Waals surface area (Å²) in [5.74, 6) is 0.481. The third-order valence-electron chi connectivity index (χ3n) is 3.52. The Morgan fingerprint density at radius 1 is 1.14 bits per heavy atom. The molecule has 2 rings (SSSR count). The normalized spacial score (nSPS) is 10.6. The smallest absolute Gasteiger partial charge is 0.319 e. The maximum atomic E-state index is 11.9. The maximum Gasteiger partial charge on any atom is 0.319 e. The Morgan fingerprint density at radius 2 is 1.82 bits per heavy atom. The number of aryl methyl sites for hydroxylation is 1. The van der Waals surface area contributed by atoms with Crippen LogP contribution >= 0.6 is 11.6 Å². The molecule has 0 atom stereocenters. The summed E-state index contributed by atoms with van der Waals surface area (Å²) in [5.41, 5.74) is 4.03. The number of halogens is 1. The average Bonchev–Trinajstić information content (AvgIpc) is 2.49. The number of rotatable bonds is 4. The van der Waals surface area contributed by atoms with Crippen LogP contribution in [0.4, 0.5) is 10.5 Å². The fourth-order valence-corrected chi connectivity index (χ4v) is 2.26. The number of nitrogens with one attached hydrogen (secondary N) is 2. The van der Waals surface area contributed by atoms with Crippen LogP contribution in [0.15, 0.2) is 42.5 Å². The van der Waals surface area contributed by atoms with Gasteiger partial charge in [-0.3, -0.25) is 0 Å². The number of hydrogen-bond donors (Lipinski definition) is 2. The van der Waals surface area contributed by atoms with E-state index in [4.69, 9.17) is 11.6 Å². The highest BCUT2D eigenvalue weighted by atomic mass is 35.5. The maximum absolute atomic E-state index is 11.9. The van der Waals surface area contributed by atoms with Gasteiger partial charge in [0, 0.05) is 17.3 Å². The van der Waals surface area contributed by atoms with Crippen molar-refractivity contribution in [2.24, 2.45) is 0 Å². The summed E-state index contributed by atoms with van der Waals surface area (Å²) in [5, 5.41) is 6.36. The quantitative estimate of drug-likeness (QED) is 0.810. The van der Waals surface area contributed by atoms with E-state index in [0.29, 0.717) is 17.5 Å². The van der Waals surface area contributed by atoms with Crippen LogP contribution in [0, 0.1) is 6.92 Å². The number of benzene rings is 2. The van der Waals surface area contributed by atoms with Crippen LogP contribution in [-0.4, -0.2) is 6.03 Å². The Kier molecular flexibility index (Phi) is 5.45. The van der Waals surface area contributed by atoms with Gasteiger partial charge in [-0.05, 0) is 47.7 Å². The Bertz CT molecular complexity index is 651. The topological polar surface area (TPSA) is 41.1 Å². The monoisotopic (exact) mass is 316 g/mol. The number of urea groups is 1. The third kappa shape index (κ3) is 4.50. The molecule has 0 aromatic heterocycles. The van der Waals surface area contributed by atoms with Crippen LogP contribution in [0.1, 0.15) is 36.5 Å². The fraction of sp³-hybridized carbons (Fsp3) is 0.278. The van der Waals surface area contributed by atoms with Crippen molar-refractivity contribution in [3.05, 3.63) is 64.2 Å². The Balaban J connectivity index is 1.88. The number of anilines is 1. The van der Waals surface area contributed by atoms with Crippen molar-refractivity contribution in [3.8, 4) is 0 Å². The van der Waals surface area contributed by atoms with Gasteiger partial charge in [-0.2, -0.15) is 0 Å². The number of hydrogen-bond acceptors (Lipinski definition) is 1. The van der Waals surface area contributed by atoms with Gasteiger partial charge in [0.2, 0.25) is 0 Å². The highest BCUT2D eigenvalue weighted by Gasteiger charge is 2.04. The predicted octanol–water partition coefficient (Wildman–Crippen LogP) is 5.09. The zero-order chi connectivity index (χ0) is 16.1. The van der Waals surface area contributed by atoms with Gasteiger partial charge in [0.05, 0.1) is 0 Å². The molecule has 0 saturated carbocycles. The highest BCUT2D eigenvalue weighted by molar-refractivity contribution is 6.31. The highest BCUT2D eigenvalue weighted by Crippen LogP contribution is 2.18. The summed E-state index contributed by atoms with van der Waals surface area (Å²) in [7, 11) is 0. The average molecular weight is 317 g/mol. The molecule has 2 N–H and O–H groups in total. The zero-order valence-electron chi connectivity index (χ0n) is 13.1. The predicted molar refractivity (Wildman–Crippen MR) is 92.6 cm³/mol. The van der Waals surface area contributed by atoms with Crippen molar-refractivity contribution in [2.45, 2.75) is 33.2 Å². The van der Waals surface area contributed by atoms with Gasteiger partial charge in [0.1, 0.15) is 0 Å². The summed E-state index contributed by atoms with van der Waals surface area (Å²) in [6.07, 6.45) is 0. The van der Waals surface area contributed by atoms with Crippen LogP contribution in [0.3, 0.4) is 0 Å². The van der Waals surface area contributed by atoms with E-state index in [-0.39, 0.29) is 6.03 Å². The zero-order valence-corrected chi connectivity index (χ0v) is 13.9. The lowest BCUT2D eigenvalue weighted by molar-refractivity contribution is 0.251. The number of amides is 2. The lowest BCUT2D eigenvalue weighted by Gasteiger charge is -2.10. The van der Waals surface area contributed by atoms with Crippen molar-refractivity contribution in [2.75, 3.05) is 5.32 Å². The van der Waals surface area contributed by atoms with Crippen LogP contribution in [0.25, 0.3) is 0 Å². The standard InChI is InChI=1S/C18H21ClN2O/c1-12(2)15-6-8-16(9-7-15)21-18(22)20-11-14-5-4-13(3)17(19)10-14/h4-10,12H,11H2,1-3H3,(H2,20,21,22). The largest absolute Gasteiger partial charge is 0.334 e. The second-order valence-corrected chi connectivity index (χ2v) is 6.08. The molecule has 2 aromatic carbocycles. The summed E-state index contributed by atoms with van der Waals surface area (Å²) in [6, 6.07) is 13.4. The molecular formula is C18H21ClN2O. The lowest BCUT2D eigenvalue weighted by Crippen LogP contribution is -2.28. The fourth-order valence-electron chi connectivity index (χ4n) is 2.06. The minimum Gasteiger partial charge on any atom is -0.334 e. The summed E-state index contributed by atoms with van der Waals surface area (Å²) >= 11 is 6.07. The molecule has 0 aliphatic heterocycles. The van der Waals surface area contributed by atoms with Gasteiger partial charge in [-0.1, -0.05) is 49.7 Å². The molecule has 0 bridgehead atoms. The summed E-state index contributed by atoms with van der Waals surface area (Å²) in [6.45, 7) is 6.67. The molecule has 2 amide bonds. The van der Waals surface area contributed by atoms with Gasteiger partial charge >= 0.3 is 6.03 Å². The molecular weight excluding hydrogens is 296 g/mol. The van der Waals surface area contributed by atoms with Crippen LogP contribution < -0.4 is 10.6 Å². The first-order valence-corrected chi connectivity index (χ1v) is 7.73. The van der Waals surface area contributed by atoms with Crippen LogP contribution in [-0.2, 0) is 6.54 Å². The Labute approximate surface area is 136 Å². The van der Waals surface area contributed by atoms with Gasteiger partial charge < -0.3 is 10.6 Å². The van der Waals surface area contributed by atoms with Crippen molar-refractivity contribution in [1.29, 1.82) is 0 Å². The number of carbonyl (C=O) groups excluding carboxylic acids is 1. The van der Waals surface area contributed by atoms with E-state index in [0.717, 1.165) is 16.8 Å². The minimum atomic E-state index is -0.228. The Hall–Kier alpha value is -2.00. The van der Waals surface area contributed by atoms with E-state index >= 15 is 0 Å². The molecule has 0 saturated heterocycles. The van der Waals surface area contributed by atoms with Gasteiger partial charge in [-0.25, -0.2) is 4.79 Å². The van der Waals surface area contributed by atoms with E-state index < -0.39 is 0 Å². The van der Waals surface area contributed by atoms with Gasteiger partial charge in [0.15, 0.2) is 0 Å². The number of carbonyl (C=O) groups is 1. The second kappa shape index (κ2) is 7.32. The second-order valence-electron chi connectivity index (χ2n) is 5.67. The van der Waals surface area contributed by atoms with Crippen LogP contribution in [0.2, 0.25) is 5.02 Å². The first-order chi connectivity index (χ1) is 10.5. The third-order valence-corrected chi connectivity index (χ3v) is 3.93. The van der Waals surface area contributed by atoms with E-state index in [1.165, 1.54) is 5.56 Å². The molecule has 0 fully saturated rings. The van der Waals surface area contributed by atoms with E-state index in [1.54, 1.807) is 0 Å². The van der Waals surface area contributed by atoms with E-state index in [1.807, 2.05) is 49.4 Å². The molecule has 22 heavy (non-hydrogen) atoms. The van der Waals surface area contributed by atoms with E-state index in [9.17, 15) is 4.79 Å². The van der Waals surface area contributed by atoms with Crippen LogP contribution in [0.5, 0.6) is 0 Å². The van der Waals surface area contributed by atoms with Crippen molar-refractivity contribution < 1.29 is 4.79 Å². The SMILES string of the molecule is Cc1ccc(CNC(=O)Nc2ccc(C(C)C)cc2)cc1Cl. The van der Waals surface area contributed by atoms with Crippen molar-refractivity contribution in [3.63, 3.8) is 0 Å². The molecule has 116 valence electrons. The van der Waals surface area contributed by atoms with Crippen molar-refractivity contribution >= 4 is 23.3 Å². The molecule has 0 radical (unpaired) electrons. The molecule has 0 aliphatic rings. The van der Waals surface area contributed by atoms with Gasteiger partial charge in [0.25, 0.3) is 0 Å². The molecule has 3 nitrogen and oxygen atoms in total. The minimum absolute atomic E-state index is 0.228. The molecule has 0 unspecified atom stereocenters. The molecule has 4 heteroatoms. The summed E-state index contributed by atoms with van der Waals surface area (Å²) in [4.78, 5) is 11.9. The molecule has 0 aliphatic carbocycles. The lowest BCUT2D eigenvalue weighted by atomic mass is 10.0. The molecule has 0 heterocycles.